The summed E-state index contributed by atoms with van der Waals surface area (Å²) in [5, 5.41) is 13.0. The number of pyridine rings is 1. The van der Waals surface area contributed by atoms with Gasteiger partial charge in [0.05, 0.1) is 16.6 Å². The van der Waals surface area contributed by atoms with Gasteiger partial charge in [-0.2, -0.15) is 0 Å². The number of hydrogen-bond acceptors (Lipinski definition) is 4. The minimum absolute atomic E-state index is 0.180. The lowest BCUT2D eigenvalue weighted by Gasteiger charge is -2.12. The van der Waals surface area contributed by atoms with Gasteiger partial charge in [-0.3, -0.25) is 9.55 Å². The van der Waals surface area contributed by atoms with Crippen LogP contribution in [-0.2, 0) is 0 Å². The third-order valence-electron chi connectivity index (χ3n) is 8.76. The summed E-state index contributed by atoms with van der Waals surface area (Å²) < 4.78 is 8.54. The Hall–Kier alpha value is -6.46. The molecule has 47 heavy (non-hydrogen) atoms. The van der Waals surface area contributed by atoms with E-state index >= 15 is 0 Å². The predicted octanol–water partition coefficient (Wildman–Crippen LogP) is 10.7. The molecule has 0 aliphatic heterocycles. The Bertz CT molecular complexity index is 2580. The molecule has 9 rings (SSSR count). The van der Waals surface area contributed by atoms with Crippen LogP contribution in [0.1, 0.15) is 0 Å². The van der Waals surface area contributed by atoms with Gasteiger partial charge in [-0.05, 0) is 77.4 Å². The molecule has 0 aliphatic rings. The van der Waals surface area contributed by atoms with Crippen LogP contribution in [0.15, 0.2) is 162 Å². The van der Waals surface area contributed by atoms with Crippen molar-refractivity contribution in [1.29, 1.82) is 0 Å². The quantitative estimate of drug-likeness (QED) is 0.212. The van der Waals surface area contributed by atoms with Crippen molar-refractivity contribution < 1.29 is 9.52 Å². The molecular formula is C42H27N3O2. The molecule has 5 heteroatoms. The molecule has 0 saturated carbocycles. The molecule has 0 bridgehead atoms. The van der Waals surface area contributed by atoms with Gasteiger partial charge in [0.1, 0.15) is 22.9 Å². The van der Waals surface area contributed by atoms with Crippen molar-refractivity contribution in [1.82, 2.24) is 14.5 Å². The first-order valence-electron chi connectivity index (χ1n) is 15.6. The molecule has 0 aliphatic carbocycles. The van der Waals surface area contributed by atoms with Crippen LogP contribution in [0.3, 0.4) is 0 Å². The number of phenols is 1. The number of nitrogens with zero attached hydrogens (tertiary/aromatic N) is 3. The van der Waals surface area contributed by atoms with Crippen LogP contribution in [0.4, 0.5) is 0 Å². The number of imidazole rings is 1. The summed E-state index contributed by atoms with van der Waals surface area (Å²) in [6, 6.07) is 50.9. The molecule has 9 aromatic rings. The summed E-state index contributed by atoms with van der Waals surface area (Å²) in [5.74, 6) is 0.852. The summed E-state index contributed by atoms with van der Waals surface area (Å²) >= 11 is 0. The average molecular weight is 606 g/mol. The van der Waals surface area contributed by atoms with Crippen molar-refractivity contribution in [3.63, 3.8) is 0 Å². The number of para-hydroxylation sites is 4. The van der Waals surface area contributed by atoms with Crippen molar-refractivity contribution >= 4 is 33.0 Å². The fourth-order valence-corrected chi connectivity index (χ4v) is 6.59. The van der Waals surface area contributed by atoms with Crippen molar-refractivity contribution in [2.45, 2.75) is 0 Å². The Morgan fingerprint density at radius 3 is 2.11 bits per heavy atom. The molecule has 3 aromatic heterocycles. The largest absolute Gasteiger partial charge is 0.507 e. The topological polar surface area (TPSA) is 64.1 Å². The van der Waals surface area contributed by atoms with Gasteiger partial charge in [-0.15, -0.1) is 0 Å². The van der Waals surface area contributed by atoms with Crippen LogP contribution in [0, 0.1) is 0 Å². The van der Waals surface area contributed by atoms with E-state index in [9.17, 15) is 5.11 Å². The van der Waals surface area contributed by atoms with Crippen molar-refractivity contribution in [2.24, 2.45) is 0 Å². The normalized spacial score (nSPS) is 11.5. The molecule has 222 valence electrons. The van der Waals surface area contributed by atoms with E-state index < -0.39 is 0 Å². The lowest BCUT2D eigenvalue weighted by atomic mass is 9.94. The number of aromatic nitrogens is 3. The molecule has 0 radical (unpaired) electrons. The van der Waals surface area contributed by atoms with Crippen LogP contribution in [0.2, 0.25) is 0 Å². The highest BCUT2D eigenvalue weighted by atomic mass is 16.3. The first kappa shape index (κ1) is 26.9. The predicted molar refractivity (Wildman–Crippen MR) is 190 cm³/mol. The fraction of sp³-hybridized carbons (Fsp3) is 0. The molecule has 3 heterocycles. The second-order valence-corrected chi connectivity index (χ2v) is 11.6. The van der Waals surface area contributed by atoms with E-state index in [1.165, 1.54) is 0 Å². The molecule has 0 amide bonds. The lowest BCUT2D eigenvalue weighted by molar-refractivity contribution is 0.477. The highest BCUT2D eigenvalue weighted by Crippen LogP contribution is 2.41. The molecule has 1 N–H and O–H groups in total. The van der Waals surface area contributed by atoms with Crippen LogP contribution in [0.25, 0.3) is 83.6 Å². The van der Waals surface area contributed by atoms with Crippen LogP contribution < -0.4 is 0 Å². The van der Waals surface area contributed by atoms with Gasteiger partial charge in [-0.25, -0.2) is 4.98 Å². The maximum Gasteiger partial charge on any atom is 0.161 e. The van der Waals surface area contributed by atoms with Gasteiger partial charge in [-0.1, -0.05) is 91.0 Å². The first-order valence-corrected chi connectivity index (χ1v) is 15.6. The molecule has 5 nitrogen and oxygen atoms in total. The number of aromatic hydroxyl groups is 1. The van der Waals surface area contributed by atoms with Gasteiger partial charge < -0.3 is 9.52 Å². The van der Waals surface area contributed by atoms with E-state index in [0.29, 0.717) is 11.4 Å². The third kappa shape index (κ3) is 4.48. The van der Waals surface area contributed by atoms with E-state index in [1.54, 1.807) is 6.07 Å². The van der Waals surface area contributed by atoms with E-state index in [4.69, 9.17) is 14.4 Å². The second-order valence-electron chi connectivity index (χ2n) is 11.6. The number of rotatable bonds is 5. The zero-order chi connectivity index (χ0) is 31.3. The molecule has 0 atom stereocenters. The fourth-order valence-electron chi connectivity index (χ4n) is 6.59. The Labute approximate surface area is 270 Å². The van der Waals surface area contributed by atoms with Crippen LogP contribution >= 0.6 is 0 Å². The van der Waals surface area contributed by atoms with Gasteiger partial charge in [0.2, 0.25) is 0 Å². The van der Waals surface area contributed by atoms with Gasteiger partial charge in [0.15, 0.2) is 5.58 Å². The molecular weight excluding hydrogens is 578 g/mol. The Kier molecular flexibility index (Phi) is 6.22. The van der Waals surface area contributed by atoms with E-state index in [1.807, 2.05) is 72.9 Å². The monoisotopic (exact) mass is 605 g/mol. The summed E-state index contributed by atoms with van der Waals surface area (Å²) in [6.07, 6.45) is 1.86. The zero-order valence-electron chi connectivity index (χ0n) is 25.2. The molecule has 0 saturated heterocycles. The first-order chi connectivity index (χ1) is 23.2. The number of furan rings is 1. The number of fused-ring (bicyclic) bond motifs is 4. The van der Waals surface area contributed by atoms with E-state index in [-0.39, 0.29) is 5.75 Å². The SMILES string of the molecule is Oc1ccccc1-c1nc2c(-c3cc(-c4ccccc4)cc(-c4nccc5c4oc4ccccc45)c3)cccc2n1-c1ccccc1. The second kappa shape index (κ2) is 10.9. The van der Waals surface area contributed by atoms with Crippen molar-refractivity contribution in [3.05, 3.63) is 158 Å². The molecule has 6 aromatic carbocycles. The van der Waals surface area contributed by atoms with E-state index in [0.717, 1.165) is 72.2 Å². The summed E-state index contributed by atoms with van der Waals surface area (Å²) in [4.78, 5) is 10.1. The average Bonchev–Trinajstić information content (AvgIpc) is 3.71. The standard InChI is InChI=1S/C42H27N3O2/c46-37-20-9-7-17-35(37)42-44-40-32(18-11-19-36(40)45(42)31-14-5-2-6-15-31)29-24-28(27-12-3-1-4-13-27)25-30(26-29)39-41-34(22-23-43-39)33-16-8-10-21-38(33)47-41/h1-26,46H. The van der Waals surface area contributed by atoms with Gasteiger partial charge >= 0.3 is 0 Å². The minimum atomic E-state index is 0.180. The highest BCUT2D eigenvalue weighted by Gasteiger charge is 2.21. The minimum Gasteiger partial charge on any atom is -0.507 e. The smallest absolute Gasteiger partial charge is 0.161 e. The Morgan fingerprint density at radius 2 is 1.26 bits per heavy atom. The number of phenolic OH excluding ortho intramolecular Hbond substituents is 1. The summed E-state index contributed by atoms with van der Waals surface area (Å²) in [5.41, 5.74) is 10.9. The van der Waals surface area contributed by atoms with Gasteiger partial charge in [0.25, 0.3) is 0 Å². The molecule has 0 unspecified atom stereocenters. The van der Waals surface area contributed by atoms with Crippen molar-refractivity contribution in [3.8, 4) is 56.3 Å². The van der Waals surface area contributed by atoms with Crippen LogP contribution in [0.5, 0.6) is 5.75 Å². The van der Waals surface area contributed by atoms with Crippen molar-refractivity contribution in [2.75, 3.05) is 0 Å². The van der Waals surface area contributed by atoms with Gasteiger partial charge in [0, 0.05) is 33.8 Å². The third-order valence-corrected chi connectivity index (χ3v) is 8.76. The number of benzene rings is 6. The lowest BCUT2D eigenvalue weighted by Crippen LogP contribution is -1.97. The summed E-state index contributed by atoms with van der Waals surface area (Å²) in [7, 11) is 0. The maximum absolute atomic E-state index is 10.9. The van der Waals surface area contributed by atoms with E-state index in [2.05, 4.69) is 83.4 Å². The maximum atomic E-state index is 10.9. The highest BCUT2D eigenvalue weighted by molar-refractivity contribution is 6.09. The van der Waals surface area contributed by atoms with Crippen LogP contribution in [-0.4, -0.2) is 19.6 Å². The Balaban J connectivity index is 1.33. The number of hydrogen-bond donors (Lipinski definition) is 1. The molecule has 0 fully saturated rings. The Morgan fingerprint density at radius 1 is 0.553 bits per heavy atom. The summed E-state index contributed by atoms with van der Waals surface area (Å²) in [6.45, 7) is 0. The molecule has 0 spiro atoms. The zero-order valence-corrected chi connectivity index (χ0v) is 25.2.